The van der Waals surface area contributed by atoms with Gasteiger partial charge in [0.2, 0.25) is 5.91 Å². The van der Waals surface area contributed by atoms with Crippen LogP contribution in [0.25, 0.3) is 0 Å². The molecule has 0 saturated carbocycles. The molecule has 0 aromatic heterocycles. The number of carbonyl (C=O) groups is 1. The van der Waals surface area contributed by atoms with E-state index in [9.17, 15) is 13.2 Å². The Bertz CT molecular complexity index is 870. The van der Waals surface area contributed by atoms with Gasteiger partial charge in [-0.15, -0.1) is 0 Å². The Hall–Kier alpha value is -2.05. The first-order valence-electron chi connectivity index (χ1n) is 8.15. The number of nitrogens with zero attached hydrogens (tertiary/aromatic N) is 1. The van der Waals surface area contributed by atoms with E-state index >= 15 is 0 Å². The fraction of sp³-hybridized carbons (Fsp3) is 0.316. The fourth-order valence-corrected chi connectivity index (χ4v) is 3.90. The summed E-state index contributed by atoms with van der Waals surface area (Å²) in [7, 11) is -3.92. The van der Waals surface area contributed by atoms with E-state index in [-0.39, 0.29) is 17.3 Å². The quantitative estimate of drug-likeness (QED) is 0.839. The number of aryl methyl sites for hydroxylation is 1. The van der Waals surface area contributed by atoms with Crippen molar-refractivity contribution in [3.8, 4) is 0 Å². The van der Waals surface area contributed by atoms with E-state index in [4.69, 9.17) is 11.6 Å². The van der Waals surface area contributed by atoms with Gasteiger partial charge in [0.05, 0.1) is 10.6 Å². The molecule has 0 heterocycles. The van der Waals surface area contributed by atoms with E-state index in [2.05, 4.69) is 5.32 Å². The number of halogens is 1. The maximum absolute atomic E-state index is 13.1. The molecule has 0 spiro atoms. The number of hydrogen-bond acceptors (Lipinski definition) is 3. The predicted octanol–water partition coefficient (Wildman–Crippen LogP) is 3.76. The lowest BCUT2D eigenvalue weighted by molar-refractivity contribution is -0.121. The zero-order chi connectivity index (χ0) is 19.5. The lowest BCUT2D eigenvalue weighted by atomic mass is 10.1. The van der Waals surface area contributed by atoms with Gasteiger partial charge < -0.3 is 5.32 Å². The molecule has 2 rings (SSSR count). The molecule has 0 atom stereocenters. The molecule has 0 radical (unpaired) electrons. The molecule has 2 aromatic carbocycles. The highest BCUT2D eigenvalue weighted by molar-refractivity contribution is 7.92. The Kier molecular flexibility index (Phi) is 5.98. The van der Waals surface area contributed by atoms with Crippen LogP contribution >= 0.6 is 11.6 Å². The van der Waals surface area contributed by atoms with Crippen LogP contribution in [0.4, 0.5) is 5.69 Å². The molecule has 0 saturated heterocycles. The average molecular weight is 395 g/mol. The van der Waals surface area contributed by atoms with Crippen LogP contribution in [0, 0.1) is 6.92 Å². The summed E-state index contributed by atoms with van der Waals surface area (Å²) in [4.78, 5) is 12.5. The van der Waals surface area contributed by atoms with Gasteiger partial charge in [-0.25, -0.2) is 8.42 Å². The van der Waals surface area contributed by atoms with Crippen molar-refractivity contribution in [3.05, 3.63) is 59.1 Å². The van der Waals surface area contributed by atoms with Crippen LogP contribution in [0.15, 0.2) is 53.4 Å². The van der Waals surface area contributed by atoms with Gasteiger partial charge >= 0.3 is 0 Å². The van der Waals surface area contributed by atoms with Crippen LogP contribution in [0.5, 0.6) is 0 Å². The van der Waals surface area contributed by atoms with Crippen LogP contribution in [0.1, 0.15) is 26.3 Å². The van der Waals surface area contributed by atoms with Gasteiger partial charge in [0.15, 0.2) is 0 Å². The zero-order valence-corrected chi connectivity index (χ0v) is 16.9. The molecule has 0 aliphatic carbocycles. The van der Waals surface area contributed by atoms with Crippen molar-refractivity contribution in [3.63, 3.8) is 0 Å². The second-order valence-corrected chi connectivity index (χ2v) is 9.40. The highest BCUT2D eigenvalue weighted by atomic mass is 35.5. The van der Waals surface area contributed by atoms with Gasteiger partial charge in [-0.05, 0) is 64.1 Å². The van der Waals surface area contributed by atoms with Crippen LogP contribution in [-0.4, -0.2) is 26.4 Å². The Morgan fingerprint density at radius 1 is 1.04 bits per heavy atom. The van der Waals surface area contributed by atoms with Gasteiger partial charge in [-0.3, -0.25) is 9.10 Å². The van der Waals surface area contributed by atoms with E-state index in [1.807, 2.05) is 27.7 Å². The number of hydrogen-bond donors (Lipinski definition) is 1. The number of nitrogens with one attached hydrogen (secondary N) is 1. The Morgan fingerprint density at radius 2 is 1.58 bits per heavy atom. The number of amides is 1. The predicted molar refractivity (Wildman–Crippen MR) is 105 cm³/mol. The number of anilines is 1. The summed E-state index contributed by atoms with van der Waals surface area (Å²) in [5, 5.41) is 3.24. The number of rotatable bonds is 5. The van der Waals surface area contributed by atoms with Gasteiger partial charge in [-0.2, -0.15) is 0 Å². The van der Waals surface area contributed by atoms with Crippen molar-refractivity contribution in [1.82, 2.24) is 5.32 Å². The average Bonchev–Trinajstić information content (AvgIpc) is 2.52. The van der Waals surface area contributed by atoms with E-state index in [0.29, 0.717) is 10.7 Å². The standard InChI is InChI=1S/C19H23ClN2O3S/c1-14-5-9-16(10-6-14)22(13-18(23)21-19(2,3)4)26(24,25)17-11-7-15(20)8-12-17/h5-12H,13H2,1-4H3,(H,21,23). The first-order chi connectivity index (χ1) is 12.0. The van der Waals surface area contributed by atoms with Crippen molar-refractivity contribution in [2.75, 3.05) is 10.8 Å². The molecular formula is C19H23ClN2O3S. The van der Waals surface area contributed by atoms with Crippen molar-refractivity contribution in [1.29, 1.82) is 0 Å². The van der Waals surface area contributed by atoms with Crippen LogP contribution < -0.4 is 9.62 Å². The summed E-state index contributed by atoms with van der Waals surface area (Å²) >= 11 is 5.86. The number of carbonyl (C=O) groups excluding carboxylic acids is 1. The summed E-state index contributed by atoms with van der Waals surface area (Å²) in [6.07, 6.45) is 0. The maximum Gasteiger partial charge on any atom is 0.264 e. The minimum absolute atomic E-state index is 0.0750. The number of benzene rings is 2. The number of sulfonamides is 1. The zero-order valence-electron chi connectivity index (χ0n) is 15.3. The Morgan fingerprint density at radius 3 is 2.08 bits per heavy atom. The molecule has 0 aliphatic heterocycles. The van der Waals surface area contributed by atoms with Crippen LogP contribution in [0.2, 0.25) is 5.02 Å². The molecule has 26 heavy (non-hydrogen) atoms. The van der Waals surface area contributed by atoms with Crippen molar-refractivity contribution >= 4 is 33.2 Å². The van der Waals surface area contributed by atoms with E-state index in [1.54, 1.807) is 24.3 Å². The normalized spacial score (nSPS) is 11.9. The minimum Gasteiger partial charge on any atom is -0.350 e. The fourth-order valence-electron chi connectivity index (χ4n) is 2.35. The van der Waals surface area contributed by atoms with Gasteiger partial charge in [-0.1, -0.05) is 29.3 Å². The Balaban J connectivity index is 2.44. The topological polar surface area (TPSA) is 66.5 Å². The van der Waals surface area contributed by atoms with E-state index in [0.717, 1.165) is 9.87 Å². The second-order valence-electron chi connectivity index (χ2n) is 7.10. The first-order valence-corrected chi connectivity index (χ1v) is 9.97. The van der Waals surface area contributed by atoms with Crippen molar-refractivity contribution < 1.29 is 13.2 Å². The third-order valence-electron chi connectivity index (χ3n) is 3.53. The summed E-state index contributed by atoms with van der Waals surface area (Å²) < 4.78 is 27.4. The highest BCUT2D eigenvalue weighted by Gasteiger charge is 2.28. The van der Waals surface area contributed by atoms with Gasteiger partial charge in [0.25, 0.3) is 10.0 Å². The highest BCUT2D eigenvalue weighted by Crippen LogP contribution is 2.25. The lowest BCUT2D eigenvalue weighted by Gasteiger charge is -2.27. The van der Waals surface area contributed by atoms with Crippen molar-refractivity contribution in [2.24, 2.45) is 0 Å². The molecule has 0 unspecified atom stereocenters. The second kappa shape index (κ2) is 7.68. The smallest absolute Gasteiger partial charge is 0.264 e. The van der Waals surface area contributed by atoms with Crippen molar-refractivity contribution in [2.45, 2.75) is 38.1 Å². The van der Waals surface area contributed by atoms with Gasteiger partial charge in [0.1, 0.15) is 6.54 Å². The molecule has 0 aliphatic rings. The summed E-state index contributed by atoms with van der Waals surface area (Å²) in [6, 6.07) is 12.9. The molecule has 5 nitrogen and oxygen atoms in total. The van der Waals surface area contributed by atoms with E-state index in [1.165, 1.54) is 24.3 Å². The Labute approximate surface area is 160 Å². The molecule has 7 heteroatoms. The largest absolute Gasteiger partial charge is 0.350 e. The summed E-state index contributed by atoms with van der Waals surface area (Å²) in [6.45, 7) is 7.12. The molecule has 140 valence electrons. The molecule has 1 N–H and O–H groups in total. The first kappa shape index (κ1) is 20.3. The lowest BCUT2D eigenvalue weighted by Crippen LogP contribution is -2.47. The molecule has 2 aromatic rings. The SMILES string of the molecule is Cc1ccc(N(CC(=O)NC(C)(C)C)S(=O)(=O)c2ccc(Cl)cc2)cc1. The third-order valence-corrected chi connectivity index (χ3v) is 5.57. The van der Waals surface area contributed by atoms with Crippen LogP contribution in [0.3, 0.4) is 0 Å². The third kappa shape index (κ3) is 5.22. The van der Waals surface area contributed by atoms with E-state index < -0.39 is 15.6 Å². The molecule has 0 bridgehead atoms. The summed E-state index contributed by atoms with van der Waals surface area (Å²) in [5.74, 6) is -0.379. The van der Waals surface area contributed by atoms with Crippen LogP contribution in [-0.2, 0) is 14.8 Å². The monoisotopic (exact) mass is 394 g/mol. The summed E-state index contributed by atoms with van der Waals surface area (Å²) in [5.41, 5.74) is 0.964. The molecular weight excluding hydrogens is 372 g/mol. The minimum atomic E-state index is -3.92. The van der Waals surface area contributed by atoms with Gasteiger partial charge in [0, 0.05) is 10.6 Å². The molecule has 0 fully saturated rings. The maximum atomic E-state index is 13.1. The molecule has 1 amide bonds.